The number of hydrogen-bond acceptors (Lipinski definition) is 3. The number of amides is 1. The van der Waals surface area contributed by atoms with Gasteiger partial charge in [0.25, 0.3) is 0 Å². The molecule has 0 aliphatic carbocycles. The van der Waals surface area contributed by atoms with Crippen molar-refractivity contribution in [3.63, 3.8) is 0 Å². The lowest BCUT2D eigenvalue weighted by atomic mass is 9.89. The zero-order valence-electron chi connectivity index (χ0n) is 10.7. The van der Waals surface area contributed by atoms with Crippen LogP contribution < -0.4 is 5.32 Å². The fourth-order valence-electron chi connectivity index (χ4n) is 1.80. The lowest BCUT2D eigenvalue weighted by molar-refractivity contribution is -0.146. The number of carbonyl (C=O) groups is 2. The van der Waals surface area contributed by atoms with Gasteiger partial charge in [-0.2, -0.15) is 0 Å². The van der Waals surface area contributed by atoms with Crippen molar-refractivity contribution in [1.82, 2.24) is 5.32 Å². The predicted molar refractivity (Wildman–Crippen MR) is 62.6 cm³/mol. The molecule has 1 heterocycles. The Bertz CT molecular complexity index is 297. The molecule has 2 unspecified atom stereocenters. The summed E-state index contributed by atoms with van der Waals surface area (Å²) in [6.45, 7) is 6.46. The van der Waals surface area contributed by atoms with Gasteiger partial charge in [0, 0.05) is 24.7 Å². The SMILES string of the molecule is CC(C(=O)O)C(C)C(=O)NC1(C)CCOCC1. The first-order valence-corrected chi connectivity index (χ1v) is 5.98. The second-order valence-electron chi connectivity index (χ2n) is 5.08. The first-order chi connectivity index (χ1) is 7.86. The molecule has 1 saturated heterocycles. The molecule has 0 aromatic carbocycles. The third-order valence-corrected chi connectivity index (χ3v) is 3.57. The predicted octanol–water partition coefficient (Wildman–Crippen LogP) is 1.03. The van der Waals surface area contributed by atoms with E-state index in [1.807, 2.05) is 6.92 Å². The van der Waals surface area contributed by atoms with Crippen LogP contribution in [0.1, 0.15) is 33.6 Å². The van der Waals surface area contributed by atoms with E-state index in [1.54, 1.807) is 13.8 Å². The Morgan fingerprint density at radius 1 is 1.24 bits per heavy atom. The van der Waals surface area contributed by atoms with Crippen LogP contribution in [0.15, 0.2) is 0 Å². The maximum atomic E-state index is 11.9. The fourth-order valence-corrected chi connectivity index (χ4v) is 1.80. The number of ether oxygens (including phenoxy) is 1. The third kappa shape index (κ3) is 3.70. The number of rotatable bonds is 4. The van der Waals surface area contributed by atoms with Crippen LogP contribution in [0.4, 0.5) is 0 Å². The van der Waals surface area contributed by atoms with Crippen molar-refractivity contribution in [2.75, 3.05) is 13.2 Å². The summed E-state index contributed by atoms with van der Waals surface area (Å²) >= 11 is 0. The highest BCUT2D eigenvalue weighted by Crippen LogP contribution is 2.21. The Balaban J connectivity index is 2.55. The van der Waals surface area contributed by atoms with E-state index < -0.39 is 17.8 Å². The Morgan fingerprint density at radius 3 is 2.24 bits per heavy atom. The summed E-state index contributed by atoms with van der Waals surface area (Å²) in [6, 6.07) is 0. The molecule has 0 aromatic heterocycles. The quantitative estimate of drug-likeness (QED) is 0.773. The summed E-state index contributed by atoms with van der Waals surface area (Å²) in [7, 11) is 0. The molecule has 0 saturated carbocycles. The largest absolute Gasteiger partial charge is 0.481 e. The van der Waals surface area contributed by atoms with E-state index in [-0.39, 0.29) is 11.4 Å². The van der Waals surface area contributed by atoms with Gasteiger partial charge in [-0.25, -0.2) is 0 Å². The van der Waals surface area contributed by atoms with E-state index in [1.165, 1.54) is 0 Å². The van der Waals surface area contributed by atoms with Crippen molar-refractivity contribution >= 4 is 11.9 Å². The highest BCUT2D eigenvalue weighted by Gasteiger charge is 2.33. The molecule has 17 heavy (non-hydrogen) atoms. The van der Waals surface area contributed by atoms with Gasteiger partial charge in [0.1, 0.15) is 0 Å². The van der Waals surface area contributed by atoms with Crippen LogP contribution >= 0.6 is 0 Å². The molecule has 5 nitrogen and oxygen atoms in total. The Morgan fingerprint density at radius 2 is 1.76 bits per heavy atom. The lowest BCUT2D eigenvalue weighted by Gasteiger charge is -2.35. The monoisotopic (exact) mass is 243 g/mol. The second-order valence-corrected chi connectivity index (χ2v) is 5.08. The Hall–Kier alpha value is -1.10. The van der Waals surface area contributed by atoms with Crippen LogP contribution in [0.3, 0.4) is 0 Å². The molecule has 1 aliphatic heterocycles. The topological polar surface area (TPSA) is 75.6 Å². The average molecular weight is 243 g/mol. The number of carbonyl (C=O) groups excluding carboxylic acids is 1. The van der Waals surface area contributed by atoms with Gasteiger partial charge in [0.2, 0.25) is 5.91 Å². The van der Waals surface area contributed by atoms with Crippen molar-refractivity contribution < 1.29 is 19.4 Å². The number of carboxylic acid groups (broad SMARTS) is 1. The van der Waals surface area contributed by atoms with E-state index >= 15 is 0 Å². The number of hydrogen-bond donors (Lipinski definition) is 2. The van der Waals surface area contributed by atoms with E-state index in [0.717, 1.165) is 12.8 Å². The molecular weight excluding hydrogens is 222 g/mol. The van der Waals surface area contributed by atoms with Gasteiger partial charge < -0.3 is 15.2 Å². The molecule has 5 heteroatoms. The third-order valence-electron chi connectivity index (χ3n) is 3.57. The lowest BCUT2D eigenvalue weighted by Crippen LogP contribution is -2.52. The van der Waals surface area contributed by atoms with Crippen molar-refractivity contribution in [3.05, 3.63) is 0 Å². The second kappa shape index (κ2) is 5.49. The van der Waals surface area contributed by atoms with Crippen LogP contribution in [0.2, 0.25) is 0 Å². The number of aliphatic carboxylic acids is 1. The first-order valence-electron chi connectivity index (χ1n) is 5.98. The van der Waals surface area contributed by atoms with Crippen molar-refractivity contribution in [1.29, 1.82) is 0 Å². The van der Waals surface area contributed by atoms with Crippen molar-refractivity contribution in [2.24, 2.45) is 11.8 Å². The molecule has 0 aromatic rings. The normalized spacial score (nSPS) is 22.5. The van der Waals surface area contributed by atoms with Gasteiger partial charge >= 0.3 is 5.97 Å². The highest BCUT2D eigenvalue weighted by molar-refractivity contribution is 5.84. The molecule has 0 radical (unpaired) electrons. The van der Waals surface area contributed by atoms with E-state index in [4.69, 9.17) is 9.84 Å². The summed E-state index contributed by atoms with van der Waals surface area (Å²) in [6.07, 6.45) is 1.54. The molecule has 0 bridgehead atoms. The first kappa shape index (κ1) is 14.0. The Labute approximate surface area is 102 Å². The molecule has 2 atom stereocenters. The van der Waals surface area contributed by atoms with Gasteiger partial charge in [0.05, 0.1) is 5.92 Å². The zero-order valence-corrected chi connectivity index (χ0v) is 10.7. The summed E-state index contributed by atoms with van der Waals surface area (Å²) in [5.41, 5.74) is -0.262. The maximum Gasteiger partial charge on any atom is 0.307 e. The van der Waals surface area contributed by atoms with Crippen molar-refractivity contribution in [2.45, 2.75) is 39.2 Å². The number of nitrogens with one attached hydrogen (secondary N) is 1. The zero-order chi connectivity index (χ0) is 13.1. The minimum atomic E-state index is -0.940. The summed E-state index contributed by atoms with van der Waals surface area (Å²) in [4.78, 5) is 22.8. The minimum absolute atomic E-state index is 0.190. The fraction of sp³-hybridized carbons (Fsp3) is 0.833. The molecule has 1 aliphatic rings. The van der Waals surface area contributed by atoms with E-state index in [9.17, 15) is 9.59 Å². The number of carboxylic acids is 1. The van der Waals surface area contributed by atoms with Gasteiger partial charge in [-0.1, -0.05) is 13.8 Å². The standard InChI is InChI=1S/C12H21NO4/c1-8(9(2)11(15)16)10(14)13-12(3)4-6-17-7-5-12/h8-9H,4-7H2,1-3H3,(H,13,14)(H,15,16). The molecule has 2 N–H and O–H groups in total. The van der Waals surface area contributed by atoms with Crippen LogP contribution in [0, 0.1) is 11.8 Å². The summed E-state index contributed by atoms with van der Waals surface area (Å²) in [5.74, 6) is -2.32. The van der Waals surface area contributed by atoms with E-state index in [2.05, 4.69) is 5.32 Å². The average Bonchev–Trinajstić information content (AvgIpc) is 2.27. The van der Waals surface area contributed by atoms with E-state index in [0.29, 0.717) is 13.2 Å². The molecule has 1 fully saturated rings. The highest BCUT2D eigenvalue weighted by atomic mass is 16.5. The van der Waals surface area contributed by atoms with Gasteiger partial charge in [-0.15, -0.1) is 0 Å². The van der Waals surface area contributed by atoms with Gasteiger partial charge in [0.15, 0.2) is 0 Å². The smallest absolute Gasteiger partial charge is 0.307 e. The van der Waals surface area contributed by atoms with Crippen LogP contribution in [0.5, 0.6) is 0 Å². The maximum absolute atomic E-state index is 11.9. The summed E-state index contributed by atoms with van der Waals surface area (Å²) in [5, 5.41) is 11.8. The molecule has 98 valence electrons. The van der Waals surface area contributed by atoms with Crippen LogP contribution in [-0.4, -0.2) is 35.7 Å². The Kier molecular flexibility index (Phi) is 4.51. The van der Waals surface area contributed by atoms with Gasteiger partial charge in [-0.05, 0) is 19.8 Å². The van der Waals surface area contributed by atoms with Crippen molar-refractivity contribution in [3.8, 4) is 0 Å². The molecular formula is C12H21NO4. The molecule has 1 rings (SSSR count). The van der Waals surface area contributed by atoms with Crippen LogP contribution in [0.25, 0.3) is 0 Å². The minimum Gasteiger partial charge on any atom is -0.481 e. The van der Waals surface area contributed by atoms with Gasteiger partial charge in [-0.3, -0.25) is 9.59 Å². The van der Waals surface area contributed by atoms with Crippen LogP contribution in [-0.2, 0) is 14.3 Å². The molecule has 0 spiro atoms. The summed E-state index contributed by atoms with van der Waals surface area (Å²) < 4.78 is 5.25. The molecule has 1 amide bonds.